The van der Waals surface area contributed by atoms with Crippen molar-refractivity contribution in [3.63, 3.8) is 0 Å². The highest BCUT2D eigenvalue weighted by atomic mass is 19.4. The van der Waals surface area contributed by atoms with Crippen LogP contribution in [0, 0.1) is 17.2 Å². The molecule has 9 heteroatoms. The van der Waals surface area contributed by atoms with Gasteiger partial charge in [-0.05, 0) is 30.9 Å². The number of hydrogen-bond acceptors (Lipinski definition) is 5. The van der Waals surface area contributed by atoms with Gasteiger partial charge in [-0.25, -0.2) is 0 Å². The molecule has 6 nitrogen and oxygen atoms in total. The summed E-state index contributed by atoms with van der Waals surface area (Å²) < 4.78 is 42.1. The number of allylic oxidation sites excluding steroid dienone is 2. The van der Waals surface area contributed by atoms with Crippen LogP contribution in [-0.2, 0) is 4.79 Å². The molecule has 0 aliphatic carbocycles. The Labute approximate surface area is 174 Å². The SMILES string of the molecule is CC(C)C[C@H](N[C@H](C(F)(F)F)C1(C)C=CC(c2cccnc2)=CN1)C(=O)NCC#N. The number of hydrogen-bond donors (Lipinski definition) is 3. The van der Waals surface area contributed by atoms with E-state index in [0.29, 0.717) is 5.57 Å². The van der Waals surface area contributed by atoms with E-state index in [0.717, 1.165) is 5.56 Å². The molecule has 1 unspecified atom stereocenters. The Balaban J connectivity index is 2.26. The maximum Gasteiger partial charge on any atom is 0.406 e. The molecule has 0 spiro atoms. The summed E-state index contributed by atoms with van der Waals surface area (Å²) in [6, 6.07) is 2.18. The lowest BCUT2D eigenvalue weighted by Crippen LogP contribution is -2.66. The summed E-state index contributed by atoms with van der Waals surface area (Å²) in [6.07, 6.45) is 3.38. The van der Waals surface area contributed by atoms with Crippen molar-refractivity contribution in [1.29, 1.82) is 5.26 Å². The van der Waals surface area contributed by atoms with Crippen LogP contribution in [0.15, 0.2) is 42.9 Å². The van der Waals surface area contributed by atoms with Crippen LogP contribution in [0.5, 0.6) is 0 Å². The lowest BCUT2D eigenvalue weighted by Gasteiger charge is -2.41. The number of pyridine rings is 1. The van der Waals surface area contributed by atoms with Crippen molar-refractivity contribution in [2.24, 2.45) is 5.92 Å². The molecule has 3 N–H and O–H groups in total. The van der Waals surface area contributed by atoms with Gasteiger partial charge < -0.3 is 10.6 Å². The molecule has 0 fully saturated rings. The van der Waals surface area contributed by atoms with Gasteiger partial charge in [0.1, 0.15) is 12.6 Å². The predicted molar refractivity (Wildman–Crippen MR) is 108 cm³/mol. The Morgan fingerprint density at radius 1 is 1.40 bits per heavy atom. The fourth-order valence-corrected chi connectivity index (χ4v) is 3.27. The van der Waals surface area contributed by atoms with E-state index in [4.69, 9.17) is 5.26 Å². The third-order valence-corrected chi connectivity index (χ3v) is 4.80. The first-order valence-corrected chi connectivity index (χ1v) is 9.61. The van der Waals surface area contributed by atoms with E-state index in [1.54, 1.807) is 30.6 Å². The largest absolute Gasteiger partial charge is 0.406 e. The fourth-order valence-electron chi connectivity index (χ4n) is 3.27. The minimum Gasteiger partial charge on any atom is -0.380 e. The molecule has 3 atom stereocenters. The molecule has 1 amide bonds. The smallest absolute Gasteiger partial charge is 0.380 e. The van der Waals surface area contributed by atoms with Crippen LogP contribution < -0.4 is 16.0 Å². The van der Waals surface area contributed by atoms with Gasteiger partial charge in [0, 0.05) is 24.2 Å². The summed E-state index contributed by atoms with van der Waals surface area (Å²) in [5.41, 5.74) is -0.0466. The summed E-state index contributed by atoms with van der Waals surface area (Å²) >= 11 is 0. The van der Waals surface area contributed by atoms with Crippen molar-refractivity contribution >= 4 is 11.5 Å². The molecule has 0 saturated heterocycles. The number of amides is 1. The number of nitrogens with zero attached hydrogens (tertiary/aromatic N) is 2. The lowest BCUT2D eigenvalue weighted by molar-refractivity contribution is -0.170. The fraction of sp³-hybridized carbons (Fsp3) is 0.476. The van der Waals surface area contributed by atoms with Crippen molar-refractivity contribution in [1.82, 2.24) is 20.9 Å². The third-order valence-electron chi connectivity index (χ3n) is 4.80. The van der Waals surface area contributed by atoms with Crippen LogP contribution in [0.25, 0.3) is 5.57 Å². The van der Waals surface area contributed by atoms with E-state index in [1.165, 1.54) is 19.2 Å². The monoisotopic (exact) mass is 421 g/mol. The van der Waals surface area contributed by atoms with Gasteiger partial charge in [-0.3, -0.25) is 15.1 Å². The summed E-state index contributed by atoms with van der Waals surface area (Å²) in [7, 11) is 0. The van der Waals surface area contributed by atoms with Crippen LogP contribution in [0.2, 0.25) is 0 Å². The Morgan fingerprint density at radius 3 is 2.63 bits per heavy atom. The molecule has 0 radical (unpaired) electrons. The number of alkyl halides is 3. The van der Waals surface area contributed by atoms with Gasteiger partial charge in [-0.1, -0.05) is 32.1 Å². The molecule has 0 bridgehead atoms. The van der Waals surface area contributed by atoms with Gasteiger partial charge in [0.15, 0.2) is 0 Å². The van der Waals surface area contributed by atoms with E-state index in [-0.39, 0.29) is 18.9 Å². The quantitative estimate of drug-likeness (QED) is 0.562. The Bertz CT molecular complexity index is 829. The average Bonchev–Trinajstić information content (AvgIpc) is 2.69. The van der Waals surface area contributed by atoms with E-state index in [2.05, 4.69) is 20.9 Å². The molecule has 30 heavy (non-hydrogen) atoms. The van der Waals surface area contributed by atoms with Crippen LogP contribution in [-0.4, -0.2) is 41.2 Å². The van der Waals surface area contributed by atoms with Crippen molar-refractivity contribution in [3.05, 3.63) is 48.4 Å². The van der Waals surface area contributed by atoms with Crippen LogP contribution in [0.3, 0.4) is 0 Å². The molecule has 1 aliphatic rings. The van der Waals surface area contributed by atoms with Gasteiger partial charge in [-0.2, -0.15) is 18.4 Å². The zero-order valence-corrected chi connectivity index (χ0v) is 17.1. The number of halogens is 3. The molecule has 0 saturated carbocycles. The van der Waals surface area contributed by atoms with Gasteiger partial charge in [0.2, 0.25) is 5.91 Å². The average molecular weight is 421 g/mol. The second-order valence-electron chi connectivity index (χ2n) is 7.80. The highest BCUT2D eigenvalue weighted by Crippen LogP contribution is 2.33. The molecule has 1 aliphatic heterocycles. The Hall–Kier alpha value is -2.86. The first-order valence-electron chi connectivity index (χ1n) is 9.61. The van der Waals surface area contributed by atoms with Crippen molar-refractivity contribution < 1.29 is 18.0 Å². The van der Waals surface area contributed by atoms with E-state index < -0.39 is 29.7 Å². The molecular weight excluding hydrogens is 395 g/mol. The number of rotatable bonds is 8. The van der Waals surface area contributed by atoms with E-state index >= 15 is 0 Å². The minimum atomic E-state index is -4.63. The third kappa shape index (κ3) is 6.07. The Kier molecular flexibility index (Phi) is 7.62. The van der Waals surface area contributed by atoms with E-state index in [1.807, 2.05) is 19.9 Å². The summed E-state index contributed by atoms with van der Waals surface area (Å²) in [5, 5.41) is 16.4. The molecule has 1 aromatic heterocycles. The van der Waals surface area contributed by atoms with Crippen molar-refractivity contribution in [2.75, 3.05) is 6.54 Å². The number of carbonyl (C=O) groups is 1. The van der Waals surface area contributed by atoms with Gasteiger partial charge in [0.25, 0.3) is 0 Å². The predicted octanol–water partition coefficient (Wildman–Crippen LogP) is 2.92. The lowest BCUT2D eigenvalue weighted by atomic mass is 9.86. The molecular formula is C21H26F3N5O. The van der Waals surface area contributed by atoms with Crippen molar-refractivity contribution in [3.8, 4) is 6.07 Å². The van der Waals surface area contributed by atoms with Crippen LogP contribution >= 0.6 is 0 Å². The first-order chi connectivity index (χ1) is 14.1. The Morgan fingerprint density at radius 2 is 2.13 bits per heavy atom. The normalized spacial score (nSPS) is 20.7. The molecule has 2 heterocycles. The minimum absolute atomic E-state index is 0.0241. The molecule has 0 aromatic carbocycles. The standard InChI is InChI=1S/C21H26F3N5O/c1-14(2)11-17(18(30)27-10-8-25)29-19(21(22,23)24)20(3)7-6-16(13-28-20)15-5-4-9-26-12-15/h4-7,9,12-14,17,19,28-29H,10-11H2,1-3H3,(H,27,30)/t17-,19-,20?/m0/s1. The number of nitrogens with one attached hydrogen (secondary N) is 3. The highest BCUT2D eigenvalue weighted by Gasteiger charge is 2.51. The van der Waals surface area contributed by atoms with Gasteiger partial charge >= 0.3 is 6.18 Å². The van der Waals surface area contributed by atoms with Crippen molar-refractivity contribution in [2.45, 2.75) is 51.0 Å². The first kappa shape index (κ1) is 23.4. The number of nitriles is 1. The summed E-state index contributed by atoms with van der Waals surface area (Å²) in [4.78, 5) is 16.4. The maximum absolute atomic E-state index is 14.0. The second kappa shape index (κ2) is 9.76. The van der Waals surface area contributed by atoms with Gasteiger partial charge in [0.05, 0.1) is 17.6 Å². The molecule has 162 valence electrons. The number of aromatic nitrogens is 1. The maximum atomic E-state index is 14.0. The number of dihydropyridines is 1. The number of carbonyl (C=O) groups excluding carboxylic acids is 1. The second-order valence-corrected chi connectivity index (χ2v) is 7.80. The zero-order valence-electron chi connectivity index (χ0n) is 17.1. The molecule has 1 aromatic rings. The molecule has 2 rings (SSSR count). The zero-order chi connectivity index (χ0) is 22.4. The van der Waals surface area contributed by atoms with Crippen LogP contribution in [0.1, 0.15) is 32.8 Å². The highest BCUT2D eigenvalue weighted by molar-refractivity contribution is 5.82. The van der Waals surface area contributed by atoms with Gasteiger partial charge in [-0.15, -0.1) is 0 Å². The summed E-state index contributed by atoms with van der Waals surface area (Å²) in [6.45, 7) is 4.79. The topological polar surface area (TPSA) is 89.8 Å². The van der Waals surface area contributed by atoms with Crippen LogP contribution in [0.4, 0.5) is 13.2 Å². The van der Waals surface area contributed by atoms with E-state index in [9.17, 15) is 18.0 Å². The summed E-state index contributed by atoms with van der Waals surface area (Å²) in [5.74, 6) is -0.654.